The molecule has 0 amide bonds. The van der Waals surface area contributed by atoms with Crippen LogP contribution in [0.25, 0.3) is 11.0 Å². The van der Waals surface area contributed by atoms with E-state index >= 15 is 0 Å². The Balaban J connectivity index is 1.89. The van der Waals surface area contributed by atoms with Crippen LogP contribution in [-0.4, -0.2) is 47.4 Å². The van der Waals surface area contributed by atoms with Gasteiger partial charge >= 0.3 is 5.97 Å². The molecule has 1 saturated heterocycles. The highest BCUT2D eigenvalue weighted by atomic mass is 19.1. The highest BCUT2D eigenvalue weighted by molar-refractivity contribution is 5.93. The van der Waals surface area contributed by atoms with Crippen LogP contribution in [0.1, 0.15) is 35.7 Å². The number of halogens is 1. The van der Waals surface area contributed by atoms with E-state index in [1.165, 1.54) is 13.3 Å². The van der Waals surface area contributed by atoms with Crippen molar-refractivity contribution in [3.05, 3.63) is 33.9 Å². The number of carbonyl (C=O) groups is 1. The maximum Gasteiger partial charge on any atom is 0.343 e. The van der Waals surface area contributed by atoms with Crippen LogP contribution in [0, 0.1) is 11.7 Å². The fraction of sp³-hybridized carbons (Fsp3) is 0.500. The lowest BCUT2D eigenvalue weighted by Gasteiger charge is -2.20. The van der Waals surface area contributed by atoms with Crippen LogP contribution in [0.5, 0.6) is 0 Å². The monoisotopic (exact) mass is 361 g/mol. The highest BCUT2D eigenvalue weighted by Gasteiger charge is 2.30. The van der Waals surface area contributed by atoms with Crippen LogP contribution in [0.2, 0.25) is 0 Å². The third kappa shape index (κ3) is 2.74. The van der Waals surface area contributed by atoms with Crippen LogP contribution in [0.15, 0.2) is 17.1 Å². The Labute approximate surface area is 149 Å². The number of rotatable bonds is 4. The number of aliphatic hydroxyl groups is 1. The van der Waals surface area contributed by atoms with Gasteiger partial charge in [-0.25, -0.2) is 14.2 Å². The average molecular weight is 361 g/mol. The van der Waals surface area contributed by atoms with E-state index in [1.807, 2.05) is 0 Å². The van der Waals surface area contributed by atoms with E-state index in [1.54, 1.807) is 9.47 Å². The number of anilines is 1. The predicted octanol–water partition coefficient (Wildman–Crippen LogP) is 1.48. The van der Waals surface area contributed by atoms with Crippen molar-refractivity contribution in [2.45, 2.75) is 25.3 Å². The molecule has 7 nitrogen and oxygen atoms in total. The third-order valence-electron chi connectivity index (χ3n) is 5.13. The number of aromatic nitrogens is 2. The molecule has 0 radical (unpaired) electrons. The van der Waals surface area contributed by atoms with E-state index in [2.05, 4.69) is 9.72 Å². The van der Waals surface area contributed by atoms with E-state index in [9.17, 15) is 19.1 Å². The summed E-state index contributed by atoms with van der Waals surface area (Å²) < 4.78 is 21.2. The van der Waals surface area contributed by atoms with E-state index in [0.717, 1.165) is 25.3 Å². The fourth-order valence-electron chi connectivity index (χ4n) is 3.52. The highest BCUT2D eigenvalue weighted by Crippen LogP contribution is 2.37. The molecular weight excluding hydrogens is 341 g/mol. The molecule has 2 aromatic heterocycles. The lowest BCUT2D eigenvalue weighted by molar-refractivity contribution is 0.0598. The average Bonchev–Trinajstić information content (AvgIpc) is 3.38. The second kappa shape index (κ2) is 6.35. The van der Waals surface area contributed by atoms with Crippen molar-refractivity contribution in [1.29, 1.82) is 0 Å². The maximum absolute atomic E-state index is 14.7. The van der Waals surface area contributed by atoms with Gasteiger partial charge in [0.05, 0.1) is 12.5 Å². The summed E-state index contributed by atoms with van der Waals surface area (Å²) in [6.07, 6.45) is 4.09. The Hall–Kier alpha value is -2.48. The Morgan fingerprint density at radius 3 is 2.81 bits per heavy atom. The molecule has 138 valence electrons. The van der Waals surface area contributed by atoms with E-state index in [-0.39, 0.29) is 35.3 Å². The molecule has 4 rings (SSSR count). The van der Waals surface area contributed by atoms with E-state index in [4.69, 9.17) is 0 Å². The molecule has 1 atom stereocenters. The van der Waals surface area contributed by atoms with Gasteiger partial charge in [0, 0.05) is 37.9 Å². The molecule has 0 aromatic carbocycles. The molecule has 0 spiro atoms. The van der Waals surface area contributed by atoms with Gasteiger partial charge in [0.1, 0.15) is 11.2 Å². The summed E-state index contributed by atoms with van der Waals surface area (Å²) in [4.78, 5) is 30.8. The van der Waals surface area contributed by atoms with Gasteiger partial charge in [0.2, 0.25) is 5.43 Å². The molecular formula is C18H20FN3O4. The zero-order chi connectivity index (χ0) is 18.4. The first-order chi connectivity index (χ1) is 12.5. The number of nitrogens with zero attached hydrogens (tertiary/aromatic N) is 3. The van der Waals surface area contributed by atoms with Gasteiger partial charge in [-0.2, -0.15) is 0 Å². The molecule has 1 N–H and O–H groups in total. The zero-order valence-electron chi connectivity index (χ0n) is 14.4. The summed E-state index contributed by atoms with van der Waals surface area (Å²) in [6.45, 7) is 1.19. The van der Waals surface area contributed by atoms with Crippen LogP contribution in [0.3, 0.4) is 0 Å². The summed E-state index contributed by atoms with van der Waals surface area (Å²) in [5.41, 5.74) is -0.298. The fourth-order valence-corrected chi connectivity index (χ4v) is 3.52. The summed E-state index contributed by atoms with van der Waals surface area (Å²) in [5, 5.41) is 9.39. The second-order valence-corrected chi connectivity index (χ2v) is 6.95. The molecule has 1 aliphatic carbocycles. The molecule has 2 fully saturated rings. The quantitative estimate of drug-likeness (QED) is 0.831. The first-order valence-corrected chi connectivity index (χ1v) is 8.73. The van der Waals surface area contributed by atoms with Gasteiger partial charge in [-0.1, -0.05) is 0 Å². The SMILES string of the molecule is COC(=O)c1cn(C2CC2)c2nc(N3CC[C@H](CO)C3)c(F)cc2c1=O. The molecule has 0 bridgehead atoms. The minimum atomic E-state index is -0.735. The van der Waals surface area contributed by atoms with Gasteiger partial charge in [0.25, 0.3) is 0 Å². The minimum Gasteiger partial charge on any atom is -0.465 e. The van der Waals surface area contributed by atoms with Crippen LogP contribution < -0.4 is 10.3 Å². The number of methoxy groups -OCH3 is 1. The summed E-state index contributed by atoms with van der Waals surface area (Å²) in [5.74, 6) is -1.05. The number of hydrogen-bond donors (Lipinski definition) is 1. The number of hydrogen-bond acceptors (Lipinski definition) is 6. The van der Waals surface area contributed by atoms with Gasteiger partial charge < -0.3 is 19.3 Å². The largest absolute Gasteiger partial charge is 0.465 e. The van der Waals surface area contributed by atoms with Gasteiger partial charge in [-0.3, -0.25) is 4.79 Å². The van der Waals surface area contributed by atoms with Gasteiger partial charge in [0.15, 0.2) is 11.6 Å². The number of pyridine rings is 2. The Morgan fingerprint density at radius 2 is 2.19 bits per heavy atom. The maximum atomic E-state index is 14.7. The van der Waals surface area contributed by atoms with E-state index < -0.39 is 17.2 Å². The van der Waals surface area contributed by atoms with E-state index in [0.29, 0.717) is 18.7 Å². The van der Waals surface area contributed by atoms with Gasteiger partial charge in [-0.05, 0) is 25.3 Å². The predicted molar refractivity (Wildman–Crippen MR) is 93.0 cm³/mol. The summed E-state index contributed by atoms with van der Waals surface area (Å²) >= 11 is 0. The Bertz CT molecular complexity index is 938. The summed E-state index contributed by atoms with van der Waals surface area (Å²) in [6, 6.07) is 1.31. The van der Waals surface area contributed by atoms with Crippen molar-refractivity contribution in [3.63, 3.8) is 0 Å². The van der Waals surface area contributed by atoms with Gasteiger partial charge in [-0.15, -0.1) is 0 Å². The molecule has 26 heavy (non-hydrogen) atoms. The molecule has 3 heterocycles. The number of esters is 1. The van der Waals surface area contributed by atoms with Crippen molar-refractivity contribution in [3.8, 4) is 0 Å². The number of ether oxygens (including phenoxy) is 1. The molecule has 2 aromatic rings. The molecule has 1 saturated carbocycles. The molecule has 0 unspecified atom stereocenters. The van der Waals surface area contributed by atoms with Crippen molar-refractivity contribution in [1.82, 2.24) is 9.55 Å². The standard InChI is InChI=1S/C18H20FN3O4/c1-26-18(25)13-8-22(11-2-3-11)16-12(15(13)24)6-14(19)17(20-16)21-5-4-10(7-21)9-23/h6,8,10-11,23H,2-5,7,9H2,1H3/t10-/m0/s1. The molecule has 1 aliphatic heterocycles. The summed E-state index contributed by atoms with van der Waals surface area (Å²) in [7, 11) is 1.21. The third-order valence-corrected chi connectivity index (χ3v) is 5.13. The zero-order valence-corrected chi connectivity index (χ0v) is 14.4. The van der Waals surface area contributed by atoms with Crippen molar-refractivity contribution in [2.75, 3.05) is 31.7 Å². The Morgan fingerprint density at radius 1 is 1.42 bits per heavy atom. The number of aliphatic hydroxyl groups excluding tert-OH is 1. The number of fused-ring (bicyclic) bond motifs is 1. The normalized spacial score (nSPS) is 20.0. The first-order valence-electron chi connectivity index (χ1n) is 8.73. The van der Waals surface area contributed by atoms with Crippen LogP contribution in [-0.2, 0) is 4.74 Å². The van der Waals surface area contributed by atoms with Crippen molar-refractivity contribution >= 4 is 22.8 Å². The minimum absolute atomic E-state index is 0.0565. The lowest BCUT2D eigenvalue weighted by Crippen LogP contribution is -2.25. The van der Waals surface area contributed by atoms with Crippen molar-refractivity contribution < 1.29 is 19.0 Å². The molecule has 2 aliphatic rings. The smallest absolute Gasteiger partial charge is 0.343 e. The first kappa shape index (κ1) is 17.0. The lowest BCUT2D eigenvalue weighted by atomic mass is 10.1. The van der Waals surface area contributed by atoms with Crippen LogP contribution in [0.4, 0.5) is 10.2 Å². The molecule has 8 heteroatoms. The number of carbonyl (C=O) groups excluding carboxylic acids is 1. The van der Waals surface area contributed by atoms with Crippen LogP contribution >= 0.6 is 0 Å². The second-order valence-electron chi connectivity index (χ2n) is 6.95. The topological polar surface area (TPSA) is 84.7 Å². The Kier molecular flexibility index (Phi) is 4.14. The van der Waals surface area contributed by atoms with Crippen molar-refractivity contribution in [2.24, 2.45) is 5.92 Å².